The van der Waals surface area contributed by atoms with Gasteiger partial charge in [0.15, 0.2) is 0 Å². The summed E-state index contributed by atoms with van der Waals surface area (Å²) in [7, 11) is 0. The standard InChI is InChI=1S/C22H40Cl2O2/c1-3-5-6-7-8-9-10-11-12-13-14-15-17-20(23)21(24)18-16-19-22(25)26-4-2/h4,20-21H,2-3,5-19H2,1H3. The van der Waals surface area contributed by atoms with Crippen molar-refractivity contribution in [3.05, 3.63) is 12.8 Å². The van der Waals surface area contributed by atoms with Crippen LogP contribution in [0.3, 0.4) is 0 Å². The fourth-order valence-electron chi connectivity index (χ4n) is 3.14. The van der Waals surface area contributed by atoms with Gasteiger partial charge in [-0.3, -0.25) is 4.79 Å². The van der Waals surface area contributed by atoms with Gasteiger partial charge in [-0.2, -0.15) is 0 Å². The third-order valence-corrected chi connectivity index (χ3v) is 5.98. The quantitative estimate of drug-likeness (QED) is 0.0934. The maximum absolute atomic E-state index is 11.2. The highest BCUT2D eigenvalue weighted by atomic mass is 35.5. The lowest BCUT2D eigenvalue weighted by Gasteiger charge is -2.15. The lowest BCUT2D eigenvalue weighted by Crippen LogP contribution is -2.15. The molecular formula is C22H40Cl2O2. The van der Waals surface area contributed by atoms with Crippen molar-refractivity contribution in [2.75, 3.05) is 0 Å². The van der Waals surface area contributed by atoms with Crippen molar-refractivity contribution < 1.29 is 9.53 Å². The normalized spacial score (nSPS) is 13.3. The summed E-state index contributed by atoms with van der Waals surface area (Å²) in [6.45, 7) is 5.63. The largest absolute Gasteiger partial charge is 0.435 e. The number of hydrogen-bond acceptors (Lipinski definition) is 2. The molecule has 0 rings (SSSR count). The number of carbonyl (C=O) groups excluding carboxylic acids is 1. The molecule has 0 saturated heterocycles. The molecule has 0 spiro atoms. The minimum atomic E-state index is -0.254. The zero-order valence-electron chi connectivity index (χ0n) is 16.8. The molecule has 0 bridgehead atoms. The van der Waals surface area contributed by atoms with E-state index >= 15 is 0 Å². The second kappa shape index (κ2) is 19.5. The Morgan fingerprint density at radius 3 is 1.69 bits per heavy atom. The minimum Gasteiger partial charge on any atom is -0.435 e. The monoisotopic (exact) mass is 406 g/mol. The summed E-state index contributed by atoms with van der Waals surface area (Å²) < 4.78 is 4.68. The van der Waals surface area contributed by atoms with Crippen LogP contribution in [0.5, 0.6) is 0 Å². The number of rotatable bonds is 19. The van der Waals surface area contributed by atoms with E-state index in [0.29, 0.717) is 12.8 Å². The predicted octanol–water partition coefficient (Wildman–Crippen LogP) is 8.15. The Morgan fingerprint density at radius 2 is 1.23 bits per heavy atom. The van der Waals surface area contributed by atoms with Gasteiger partial charge in [-0.15, -0.1) is 23.2 Å². The molecule has 0 amide bonds. The van der Waals surface area contributed by atoms with Gasteiger partial charge in [0.2, 0.25) is 0 Å². The molecule has 0 aliphatic carbocycles. The molecule has 0 saturated carbocycles. The lowest BCUT2D eigenvalue weighted by molar-refractivity contribution is -0.138. The second-order valence-electron chi connectivity index (χ2n) is 7.26. The van der Waals surface area contributed by atoms with Crippen molar-refractivity contribution in [2.45, 2.75) is 120 Å². The fourth-order valence-corrected chi connectivity index (χ4v) is 3.70. The van der Waals surface area contributed by atoms with Gasteiger partial charge in [0.1, 0.15) is 0 Å². The third kappa shape index (κ3) is 17.2. The van der Waals surface area contributed by atoms with Crippen molar-refractivity contribution in [3.63, 3.8) is 0 Å². The first-order valence-electron chi connectivity index (χ1n) is 10.7. The molecule has 154 valence electrons. The molecule has 4 heteroatoms. The van der Waals surface area contributed by atoms with Crippen LogP contribution < -0.4 is 0 Å². The first kappa shape index (κ1) is 25.8. The smallest absolute Gasteiger partial charge is 0.310 e. The van der Waals surface area contributed by atoms with E-state index in [1.165, 1.54) is 76.9 Å². The molecule has 2 atom stereocenters. The van der Waals surface area contributed by atoms with Gasteiger partial charge in [-0.1, -0.05) is 90.6 Å². The molecule has 0 N–H and O–H groups in total. The summed E-state index contributed by atoms with van der Waals surface area (Å²) in [4.78, 5) is 11.2. The number of esters is 1. The first-order valence-corrected chi connectivity index (χ1v) is 11.6. The van der Waals surface area contributed by atoms with E-state index in [-0.39, 0.29) is 16.7 Å². The Kier molecular flexibility index (Phi) is 19.4. The summed E-state index contributed by atoms with van der Waals surface area (Å²) in [5.41, 5.74) is 0. The maximum Gasteiger partial charge on any atom is 0.310 e. The van der Waals surface area contributed by atoms with Crippen LogP contribution in [0.4, 0.5) is 0 Å². The molecule has 0 aliphatic rings. The summed E-state index contributed by atoms with van der Waals surface area (Å²) in [6.07, 6.45) is 20.1. The van der Waals surface area contributed by atoms with E-state index in [1.54, 1.807) is 0 Å². The predicted molar refractivity (Wildman–Crippen MR) is 115 cm³/mol. The highest BCUT2D eigenvalue weighted by Gasteiger charge is 2.16. The van der Waals surface area contributed by atoms with Crippen LogP contribution in [0.15, 0.2) is 12.8 Å². The van der Waals surface area contributed by atoms with E-state index in [2.05, 4.69) is 18.2 Å². The van der Waals surface area contributed by atoms with Crippen LogP contribution in [0, 0.1) is 0 Å². The van der Waals surface area contributed by atoms with Crippen molar-refractivity contribution in [3.8, 4) is 0 Å². The molecule has 2 unspecified atom stereocenters. The van der Waals surface area contributed by atoms with Crippen LogP contribution in [-0.4, -0.2) is 16.7 Å². The van der Waals surface area contributed by atoms with Crippen LogP contribution >= 0.6 is 23.2 Å². The number of halogens is 2. The highest BCUT2D eigenvalue weighted by molar-refractivity contribution is 6.29. The van der Waals surface area contributed by atoms with Gasteiger partial charge >= 0.3 is 5.97 Å². The topological polar surface area (TPSA) is 26.3 Å². The van der Waals surface area contributed by atoms with Crippen LogP contribution in [0.25, 0.3) is 0 Å². The Labute approximate surface area is 172 Å². The van der Waals surface area contributed by atoms with E-state index in [4.69, 9.17) is 23.2 Å². The average molecular weight is 407 g/mol. The van der Waals surface area contributed by atoms with Crippen LogP contribution in [-0.2, 0) is 9.53 Å². The number of hydrogen-bond donors (Lipinski definition) is 0. The molecule has 0 radical (unpaired) electrons. The molecular weight excluding hydrogens is 367 g/mol. The number of carbonyl (C=O) groups is 1. The van der Waals surface area contributed by atoms with Crippen molar-refractivity contribution >= 4 is 29.2 Å². The Hall–Kier alpha value is -0.210. The molecule has 0 aromatic rings. The lowest BCUT2D eigenvalue weighted by atomic mass is 10.0. The molecule has 0 aliphatic heterocycles. The van der Waals surface area contributed by atoms with E-state index in [9.17, 15) is 4.79 Å². The Morgan fingerprint density at radius 1 is 0.808 bits per heavy atom. The average Bonchev–Trinajstić information content (AvgIpc) is 2.62. The fraction of sp³-hybridized carbons (Fsp3) is 0.864. The summed E-state index contributed by atoms with van der Waals surface area (Å²) in [5.74, 6) is -0.254. The summed E-state index contributed by atoms with van der Waals surface area (Å²) in [5, 5.41) is -0.0730. The van der Waals surface area contributed by atoms with E-state index in [1.807, 2.05) is 0 Å². The number of alkyl halides is 2. The summed E-state index contributed by atoms with van der Waals surface area (Å²) >= 11 is 12.7. The van der Waals surface area contributed by atoms with E-state index in [0.717, 1.165) is 19.3 Å². The first-order chi connectivity index (χ1) is 12.6. The van der Waals surface area contributed by atoms with Gasteiger partial charge < -0.3 is 4.74 Å². The second-order valence-corrected chi connectivity index (χ2v) is 8.38. The zero-order valence-corrected chi connectivity index (χ0v) is 18.3. The van der Waals surface area contributed by atoms with Gasteiger partial charge in [0.05, 0.1) is 6.26 Å². The van der Waals surface area contributed by atoms with E-state index < -0.39 is 0 Å². The van der Waals surface area contributed by atoms with Crippen LogP contribution in [0.2, 0.25) is 0 Å². The van der Waals surface area contributed by atoms with Gasteiger partial charge in [-0.25, -0.2) is 0 Å². The van der Waals surface area contributed by atoms with Crippen molar-refractivity contribution in [1.29, 1.82) is 0 Å². The van der Waals surface area contributed by atoms with Gasteiger partial charge in [-0.05, 0) is 19.3 Å². The molecule has 0 aromatic carbocycles. The van der Waals surface area contributed by atoms with Crippen molar-refractivity contribution in [1.82, 2.24) is 0 Å². The Balaban J connectivity index is 3.38. The van der Waals surface area contributed by atoms with Crippen molar-refractivity contribution in [2.24, 2.45) is 0 Å². The molecule has 26 heavy (non-hydrogen) atoms. The number of ether oxygens (including phenoxy) is 1. The maximum atomic E-state index is 11.2. The molecule has 0 fully saturated rings. The SMILES string of the molecule is C=COC(=O)CCCC(Cl)C(Cl)CCCCCCCCCCCCCC. The van der Waals surface area contributed by atoms with Gasteiger partial charge in [0.25, 0.3) is 0 Å². The minimum absolute atomic E-state index is 0.00443. The summed E-state index contributed by atoms with van der Waals surface area (Å²) in [6, 6.07) is 0. The zero-order chi connectivity index (χ0) is 19.5. The van der Waals surface area contributed by atoms with Crippen LogP contribution in [0.1, 0.15) is 110 Å². The Bertz CT molecular complexity index is 334. The number of unbranched alkanes of at least 4 members (excludes halogenated alkanes) is 11. The molecule has 2 nitrogen and oxygen atoms in total. The third-order valence-electron chi connectivity index (χ3n) is 4.80. The van der Waals surface area contributed by atoms with Gasteiger partial charge in [0, 0.05) is 17.2 Å². The molecule has 0 heterocycles. The molecule has 0 aromatic heterocycles. The highest BCUT2D eigenvalue weighted by Crippen LogP contribution is 2.22.